The number of alkyl halides is 2. The minimum Gasteiger partial charge on any atom is -0.403 e. The van der Waals surface area contributed by atoms with E-state index in [1.807, 2.05) is 0 Å². The lowest BCUT2D eigenvalue weighted by Crippen LogP contribution is -2.59. The van der Waals surface area contributed by atoms with Crippen molar-refractivity contribution in [3.8, 4) is 0 Å². The van der Waals surface area contributed by atoms with Gasteiger partial charge in [0.2, 0.25) is 5.91 Å². The molecule has 1 heterocycles. The molecule has 1 amide bonds. The zero-order valence-electron chi connectivity index (χ0n) is 9.41. The molecule has 1 aliphatic heterocycles. The van der Waals surface area contributed by atoms with Gasteiger partial charge in [-0.05, 0) is 0 Å². The standard InChI is InChI=1S/C10H14F2N4O/c1-15-7(4-13)9(14)16(5-8(15)17)6-2-10(11,12)3-6/h4,6,14H,2-3,5,13H2,1H3/b7-4+,14-9?. The van der Waals surface area contributed by atoms with Gasteiger partial charge in [0.1, 0.15) is 11.5 Å². The maximum Gasteiger partial charge on any atom is 0.252 e. The molecular weight excluding hydrogens is 230 g/mol. The number of nitrogens with two attached hydrogens (primary N) is 1. The number of piperazine rings is 1. The van der Waals surface area contributed by atoms with E-state index in [1.165, 1.54) is 16.8 Å². The van der Waals surface area contributed by atoms with Crippen LogP contribution in [0.1, 0.15) is 12.8 Å². The van der Waals surface area contributed by atoms with Gasteiger partial charge in [-0.15, -0.1) is 0 Å². The number of hydrogen-bond acceptors (Lipinski definition) is 3. The van der Waals surface area contributed by atoms with Gasteiger partial charge in [0.15, 0.2) is 0 Å². The van der Waals surface area contributed by atoms with Crippen LogP contribution in [0.15, 0.2) is 11.9 Å². The number of nitrogens with one attached hydrogen (secondary N) is 1. The first-order valence-corrected chi connectivity index (χ1v) is 5.27. The number of halogens is 2. The maximum absolute atomic E-state index is 12.8. The molecule has 0 bridgehead atoms. The molecule has 1 saturated carbocycles. The smallest absolute Gasteiger partial charge is 0.252 e. The van der Waals surface area contributed by atoms with Gasteiger partial charge in [-0.2, -0.15) is 0 Å². The number of nitrogens with zero attached hydrogens (tertiary/aromatic N) is 2. The van der Waals surface area contributed by atoms with Crippen LogP contribution in [0, 0.1) is 5.41 Å². The van der Waals surface area contributed by atoms with Crippen LogP contribution in [-0.4, -0.2) is 47.1 Å². The monoisotopic (exact) mass is 244 g/mol. The highest BCUT2D eigenvalue weighted by Gasteiger charge is 2.50. The van der Waals surface area contributed by atoms with E-state index in [-0.39, 0.29) is 36.8 Å². The molecule has 7 heteroatoms. The van der Waals surface area contributed by atoms with Crippen molar-refractivity contribution < 1.29 is 13.6 Å². The van der Waals surface area contributed by atoms with E-state index in [0.29, 0.717) is 0 Å². The number of amides is 1. The molecule has 17 heavy (non-hydrogen) atoms. The van der Waals surface area contributed by atoms with E-state index in [4.69, 9.17) is 11.1 Å². The Bertz CT molecular complexity index is 399. The third-order valence-corrected chi connectivity index (χ3v) is 3.24. The average Bonchev–Trinajstić information content (AvgIpc) is 2.21. The van der Waals surface area contributed by atoms with Crippen LogP contribution in [0.4, 0.5) is 8.78 Å². The highest BCUT2D eigenvalue weighted by molar-refractivity contribution is 6.04. The summed E-state index contributed by atoms with van der Waals surface area (Å²) in [5, 5.41) is 7.86. The van der Waals surface area contributed by atoms with Crippen LogP contribution < -0.4 is 5.73 Å². The average molecular weight is 244 g/mol. The maximum atomic E-state index is 12.8. The summed E-state index contributed by atoms with van der Waals surface area (Å²) >= 11 is 0. The van der Waals surface area contributed by atoms with Crippen molar-refractivity contribution in [3.05, 3.63) is 11.9 Å². The Kier molecular flexibility index (Phi) is 2.56. The Morgan fingerprint density at radius 1 is 1.53 bits per heavy atom. The summed E-state index contributed by atoms with van der Waals surface area (Å²) in [4.78, 5) is 14.3. The molecule has 94 valence electrons. The van der Waals surface area contributed by atoms with E-state index >= 15 is 0 Å². The number of rotatable bonds is 1. The van der Waals surface area contributed by atoms with Crippen molar-refractivity contribution in [2.75, 3.05) is 13.6 Å². The molecule has 2 fully saturated rings. The minimum atomic E-state index is -2.66. The molecule has 1 saturated heterocycles. The number of amidine groups is 1. The van der Waals surface area contributed by atoms with Gasteiger partial charge in [-0.3, -0.25) is 10.2 Å². The minimum absolute atomic E-state index is 0.0343. The lowest BCUT2D eigenvalue weighted by Gasteiger charge is -2.46. The molecule has 3 N–H and O–H groups in total. The summed E-state index contributed by atoms with van der Waals surface area (Å²) in [6.45, 7) is -0.0343. The third-order valence-electron chi connectivity index (χ3n) is 3.24. The van der Waals surface area contributed by atoms with Gasteiger partial charge in [-0.1, -0.05) is 0 Å². The van der Waals surface area contributed by atoms with Crippen LogP contribution >= 0.6 is 0 Å². The van der Waals surface area contributed by atoms with Gasteiger partial charge >= 0.3 is 0 Å². The number of likely N-dealkylation sites (N-methyl/N-ethyl adjacent to an activating group) is 1. The SMILES string of the molecule is CN1C(=O)CN(C2CC(F)(F)C2)C(=N)/C1=C\N. The number of hydrogen-bond donors (Lipinski definition) is 2. The zero-order chi connectivity index (χ0) is 12.8. The Balaban J connectivity index is 2.15. The number of carbonyl (C=O) groups excluding carboxylic acids is 1. The van der Waals surface area contributed by atoms with Crippen molar-refractivity contribution in [2.45, 2.75) is 24.8 Å². The van der Waals surface area contributed by atoms with Crippen LogP contribution in [0.2, 0.25) is 0 Å². The van der Waals surface area contributed by atoms with Gasteiger partial charge in [0.25, 0.3) is 5.92 Å². The van der Waals surface area contributed by atoms with Crippen LogP contribution in [0.3, 0.4) is 0 Å². The molecule has 0 aromatic heterocycles. The summed E-state index contributed by atoms with van der Waals surface area (Å²) in [6.07, 6.45) is 0.553. The molecular formula is C10H14F2N4O. The quantitative estimate of drug-likeness (QED) is 0.698. The summed E-state index contributed by atoms with van der Waals surface area (Å²) < 4.78 is 25.6. The Hall–Kier alpha value is -1.66. The highest BCUT2D eigenvalue weighted by Crippen LogP contribution is 2.41. The fourth-order valence-corrected chi connectivity index (χ4v) is 2.12. The zero-order valence-corrected chi connectivity index (χ0v) is 9.41. The van der Waals surface area contributed by atoms with E-state index in [9.17, 15) is 13.6 Å². The van der Waals surface area contributed by atoms with Crippen molar-refractivity contribution in [3.63, 3.8) is 0 Å². The van der Waals surface area contributed by atoms with Crippen LogP contribution in [-0.2, 0) is 4.79 Å². The molecule has 1 aliphatic carbocycles. The third kappa shape index (κ3) is 1.85. The first kappa shape index (κ1) is 11.8. The van der Waals surface area contributed by atoms with Gasteiger partial charge in [-0.25, -0.2) is 8.78 Å². The molecule has 0 unspecified atom stereocenters. The predicted molar refractivity (Wildman–Crippen MR) is 57.4 cm³/mol. The normalized spacial score (nSPS) is 27.6. The summed E-state index contributed by atoms with van der Waals surface area (Å²) in [6, 6.07) is -0.440. The molecule has 2 rings (SSSR count). The largest absolute Gasteiger partial charge is 0.403 e. The predicted octanol–water partition coefficient (Wildman–Crippen LogP) is 0.335. The fourth-order valence-electron chi connectivity index (χ4n) is 2.12. The van der Waals surface area contributed by atoms with E-state index in [0.717, 1.165) is 6.20 Å². The molecule has 0 aromatic carbocycles. The second-order valence-electron chi connectivity index (χ2n) is 4.40. The molecule has 0 atom stereocenters. The molecule has 2 aliphatic rings. The lowest BCUT2D eigenvalue weighted by molar-refractivity contribution is -0.137. The van der Waals surface area contributed by atoms with Crippen LogP contribution in [0.5, 0.6) is 0 Å². The molecule has 0 aromatic rings. The lowest BCUT2D eigenvalue weighted by atomic mass is 9.86. The van der Waals surface area contributed by atoms with Crippen molar-refractivity contribution in [2.24, 2.45) is 5.73 Å². The van der Waals surface area contributed by atoms with Gasteiger partial charge in [0.05, 0.1) is 6.54 Å². The summed E-state index contributed by atoms with van der Waals surface area (Å²) in [7, 11) is 1.52. The van der Waals surface area contributed by atoms with E-state index in [1.54, 1.807) is 0 Å². The first-order valence-electron chi connectivity index (χ1n) is 5.27. The van der Waals surface area contributed by atoms with Gasteiger partial charge in [0, 0.05) is 32.1 Å². The Morgan fingerprint density at radius 3 is 2.59 bits per heavy atom. The Morgan fingerprint density at radius 2 is 2.12 bits per heavy atom. The molecule has 5 nitrogen and oxygen atoms in total. The highest BCUT2D eigenvalue weighted by atomic mass is 19.3. The van der Waals surface area contributed by atoms with Crippen molar-refractivity contribution >= 4 is 11.7 Å². The van der Waals surface area contributed by atoms with Gasteiger partial charge < -0.3 is 15.5 Å². The first-order chi connectivity index (χ1) is 7.85. The second kappa shape index (κ2) is 3.68. The van der Waals surface area contributed by atoms with Crippen molar-refractivity contribution in [1.29, 1.82) is 5.41 Å². The van der Waals surface area contributed by atoms with E-state index in [2.05, 4.69) is 0 Å². The Labute approximate surface area is 97.4 Å². The van der Waals surface area contributed by atoms with E-state index < -0.39 is 12.0 Å². The topological polar surface area (TPSA) is 73.4 Å². The summed E-state index contributed by atoms with van der Waals surface area (Å²) in [5.41, 5.74) is 5.61. The fraction of sp³-hybridized carbons (Fsp3) is 0.600. The molecule has 0 spiro atoms. The number of carbonyl (C=O) groups is 1. The van der Waals surface area contributed by atoms with Crippen LogP contribution in [0.25, 0.3) is 0 Å². The second-order valence-corrected chi connectivity index (χ2v) is 4.40. The molecule has 0 radical (unpaired) electrons. The summed E-state index contributed by atoms with van der Waals surface area (Å²) in [5.74, 6) is -2.87. The van der Waals surface area contributed by atoms with Crippen molar-refractivity contribution in [1.82, 2.24) is 9.80 Å².